The van der Waals surface area contributed by atoms with Gasteiger partial charge in [-0.15, -0.1) is 24.9 Å². The van der Waals surface area contributed by atoms with Gasteiger partial charge in [-0.05, 0) is 109 Å². The van der Waals surface area contributed by atoms with Gasteiger partial charge in [0.25, 0.3) is 0 Å². The molecule has 0 radical (unpaired) electrons. The zero-order valence-corrected chi connectivity index (χ0v) is 36.6. The van der Waals surface area contributed by atoms with Gasteiger partial charge in [0.2, 0.25) is 0 Å². The summed E-state index contributed by atoms with van der Waals surface area (Å²) in [6, 6.07) is 0. The van der Waals surface area contributed by atoms with Crippen molar-refractivity contribution in [3.8, 4) is 0 Å². The number of allylic oxidation sites excluding steroid dienone is 19. The predicted octanol–water partition coefficient (Wildman–Crippen LogP) is 17.4. The van der Waals surface area contributed by atoms with E-state index in [0.717, 1.165) is 25.7 Å². The lowest BCUT2D eigenvalue weighted by atomic mass is 9.80. The van der Waals surface area contributed by atoms with Gasteiger partial charge in [-0.2, -0.15) is 0 Å². The molecule has 0 spiro atoms. The van der Waals surface area contributed by atoms with E-state index >= 15 is 0 Å². The Hall–Kier alpha value is -2.51. The Kier molecular flexibility index (Phi) is 34.3. The second-order valence-corrected chi connectivity index (χ2v) is 14.4. The fourth-order valence-electron chi connectivity index (χ4n) is 5.87. The summed E-state index contributed by atoms with van der Waals surface area (Å²) in [5.74, 6) is 1.64. The van der Waals surface area contributed by atoms with Crippen molar-refractivity contribution in [2.24, 2.45) is 17.8 Å². The van der Waals surface area contributed by atoms with Crippen molar-refractivity contribution in [3.63, 3.8) is 0 Å². The van der Waals surface area contributed by atoms with E-state index in [9.17, 15) is 0 Å². The molecule has 0 aromatic carbocycles. The highest BCUT2D eigenvalue weighted by atomic mass is 32.2. The van der Waals surface area contributed by atoms with Crippen LogP contribution in [0.2, 0.25) is 0 Å². The summed E-state index contributed by atoms with van der Waals surface area (Å²) < 4.78 is 0. The highest BCUT2D eigenvalue weighted by Crippen LogP contribution is 2.39. The molecule has 2 unspecified atom stereocenters. The minimum absolute atomic E-state index is 0.455. The van der Waals surface area contributed by atoms with E-state index in [4.69, 9.17) is 0 Å². The summed E-state index contributed by atoms with van der Waals surface area (Å²) in [6.45, 7) is 30.7. The largest absolute Gasteiger partial charge is 0.129 e. The summed E-state index contributed by atoms with van der Waals surface area (Å²) in [5, 5.41) is 0. The summed E-state index contributed by atoms with van der Waals surface area (Å²) in [6.07, 6.45) is 48.4. The molecular formula is C50H82S. The van der Waals surface area contributed by atoms with Gasteiger partial charge in [-0.3, -0.25) is 0 Å². The molecule has 0 bridgehead atoms. The van der Waals surface area contributed by atoms with Crippen molar-refractivity contribution >= 4 is 11.8 Å². The molecule has 2 rings (SSSR count). The van der Waals surface area contributed by atoms with Crippen LogP contribution in [0.3, 0.4) is 0 Å². The minimum Gasteiger partial charge on any atom is -0.129 e. The second kappa shape index (κ2) is 34.6. The van der Waals surface area contributed by atoms with Crippen LogP contribution >= 0.6 is 11.8 Å². The molecule has 0 aromatic heterocycles. The van der Waals surface area contributed by atoms with Gasteiger partial charge in [0, 0.05) is 4.91 Å². The van der Waals surface area contributed by atoms with Gasteiger partial charge in [-0.25, -0.2) is 0 Å². The van der Waals surface area contributed by atoms with E-state index < -0.39 is 0 Å². The highest BCUT2D eigenvalue weighted by molar-refractivity contribution is 8.02. The average Bonchev–Trinajstić information content (AvgIpc) is 3.38. The van der Waals surface area contributed by atoms with Crippen molar-refractivity contribution in [2.75, 3.05) is 6.26 Å². The zero-order valence-electron chi connectivity index (χ0n) is 35.8. The van der Waals surface area contributed by atoms with Gasteiger partial charge in [0.1, 0.15) is 0 Å². The third-order valence-electron chi connectivity index (χ3n) is 9.13. The van der Waals surface area contributed by atoms with Crippen molar-refractivity contribution in [1.82, 2.24) is 0 Å². The Morgan fingerprint density at radius 1 is 0.863 bits per heavy atom. The molecule has 2 aliphatic carbocycles. The first-order chi connectivity index (χ1) is 24.8. The fraction of sp³-hybridized carbons (Fsp3) is 0.560. The van der Waals surface area contributed by atoms with Gasteiger partial charge in [-0.1, -0.05) is 187 Å². The topological polar surface area (TPSA) is 0 Å². The fourth-order valence-corrected chi connectivity index (χ4v) is 6.44. The molecule has 1 heteroatoms. The highest BCUT2D eigenvalue weighted by Gasteiger charge is 2.22. The molecule has 2 atom stereocenters. The molecule has 0 aromatic rings. The number of unbranched alkanes of at least 4 members (excludes halogenated alkanes) is 5. The van der Waals surface area contributed by atoms with Crippen LogP contribution in [0.25, 0.3) is 0 Å². The Bertz CT molecular complexity index is 1200. The van der Waals surface area contributed by atoms with Crippen molar-refractivity contribution in [3.05, 3.63) is 130 Å². The third kappa shape index (κ3) is 21.6. The lowest BCUT2D eigenvalue weighted by molar-refractivity contribution is 0.561. The molecule has 0 nitrogen and oxygen atoms in total. The smallest absolute Gasteiger partial charge is 0.0142 e. The van der Waals surface area contributed by atoms with Crippen molar-refractivity contribution < 1.29 is 0 Å². The second-order valence-electron chi connectivity index (χ2n) is 13.5. The Balaban J connectivity index is 0. The molecule has 2 aliphatic rings. The predicted molar refractivity (Wildman–Crippen MR) is 242 cm³/mol. The molecule has 0 aliphatic heterocycles. The number of hydrogen-bond donors (Lipinski definition) is 0. The minimum atomic E-state index is 0.455. The van der Waals surface area contributed by atoms with Crippen LogP contribution in [0.5, 0.6) is 0 Å². The molecule has 0 fully saturated rings. The normalized spacial score (nSPS) is 17.7. The molecule has 288 valence electrons. The number of thioether (sulfide) groups is 1. The molecule has 0 saturated heterocycles. The monoisotopic (exact) mass is 715 g/mol. The maximum atomic E-state index is 3.00. The Morgan fingerprint density at radius 3 is 2.10 bits per heavy atom. The quantitative estimate of drug-likeness (QED) is 0.0729. The molecular weight excluding hydrogens is 633 g/mol. The van der Waals surface area contributed by atoms with Crippen LogP contribution in [-0.2, 0) is 0 Å². The maximum Gasteiger partial charge on any atom is 0.0142 e. The summed E-state index contributed by atoms with van der Waals surface area (Å²) in [7, 11) is 0. The van der Waals surface area contributed by atoms with Crippen molar-refractivity contribution in [2.45, 2.75) is 160 Å². The summed E-state index contributed by atoms with van der Waals surface area (Å²) in [5.41, 5.74) is 9.06. The molecule has 0 amide bonds. The van der Waals surface area contributed by atoms with Crippen LogP contribution in [0.4, 0.5) is 0 Å². The van der Waals surface area contributed by atoms with E-state index in [1.54, 1.807) is 11.1 Å². The lowest BCUT2D eigenvalue weighted by Gasteiger charge is -2.25. The molecule has 51 heavy (non-hydrogen) atoms. The number of hydrogen-bond acceptors (Lipinski definition) is 1. The first-order valence-electron chi connectivity index (χ1n) is 20.8. The van der Waals surface area contributed by atoms with E-state index in [0.29, 0.717) is 17.8 Å². The average molecular weight is 715 g/mol. The molecule has 0 heterocycles. The molecule has 0 N–H and O–H groups in total. The maximum absolute atomic E-state index is 3.00. The van der Waals surface area contributed by atoms with E-state index in [2.05, 4.69) is 161 Å². The summed E-state index contributed by atoms with van der Waals surface area (Å²) in [4.78, 5) is 1.35. The van der Waals surface area contributed by atoms with Crippen LogP contribution in [0.1, 0.15) is 160 Å². The van der Waals surface area contributed by atoms with Crippen LogP contribution < -0.4 is 0 Å². The van der Waals surface area contributed by atoms with Gasteiger partial charge < -0.3 is 0 Å². The molecule has 0 saturated carbocycles. The van der Waals surface area contributed by atoms with E-state index in [-0.39, 0.29) is 0 Å². The van der Waals surface area contributed by atoms with E-state index in [1.165, 1.54) is 85.0 Å². The van der Waals surface area contributed by atoms with Crippen LogP contribution in [0, 0.1) is 17.8 Å². The SMILES string of the molecule is C=C.CC.CCC/C=C(/C=C\CC/C=C/C=C(\SC)C1=CC(/C(CCCC)=C2/C=CC=CC2C)=C(C(C)CCCC)CC=C1)C(C)C.CCCC. The first kappa shape index (κ1) is 50.6. The van der Waals surface area contributed by atoms with Gasteiger partial charge in [0.15, 0.2) is 0 Å². The van der Waals surface area contributed by atoms with Crippen LogP contribution in [-0.4, -0.2) is 6.26 Å². The lowest BCUT2D eigenvalue weighted by Crippen LogP contribution is -2.08. The Labute approximate surface area is 324 Å². The third-order valence-corrected chi connectivity index (χ3v) is 9.94. The van der Waals surface area contributed by atoms with Crippen LogP contribution in [0.15, 0.2) is 130 Å². The van der Waals surface area contributed by atoms with Gasteiger partial charge >= 0.3 is 0 Å². The Morgan fingerprint density at radius 2 is 1.53 bits per heavy atom. The first-order valence-corrected chi connectivity index (χ1v) is 22.0. The standard InChI is InChI=1S/C42H62S.C4H10.C2H6.C2H4/c1-9-12-23-34(6)39-30-22-27-37(32-41(39)40(28-14-11-3)38-29-21-20-24-35(38)7)42(43-8)31-19-17-15-16-18-26-36(33(4)5)25-13-10-2;1-3-4-2;2*1-2/h17-22,24-27,29,31-35H,9-16,23,28,30H2,1-8H3;3-4H2,1-2H3;1-2H3;1-2H2/b19-17+,26-18-,36-25-,40-38-,42-31-;;;. The van der Waals surface area contributed by atoms with Crippen molar-refractivity contribution in [1.29, 1.82) is 0 Å². The van der Waals surface area contributed by atoms with E-state index in [1.807, 2.05) is 25.6 Å². The number of rotatable bonds is 19. The zero-order chi connectivity index (χ0) is 38.9. The van der Waals surface area contributed by atoms with Gasteiger partial charge in [0.05, 0.1) is 0 Å². The summed E-state index contributed by atoms with van der Waals surface area (Å²) >= 11 is 1.86.